The average Bonchev–Trinajstić information content (AvgIpc) is 3.14. The molecule has 8 atom stereocenters. The number of carbonyl (C=O) groups excluding carboxylic acids is 2. The molecule has 4 rings (SSSR count). The van der Waals surface area contributed by atoms with Gasteiger partial charge < -0.3 is 9.47 Å². The highest BCUT2D eigenvalue weighted by atomic mass is 16.6. The minimum Gasteiger partial charge on any atom is -0.462 e. The van der Waals surface area contributed by atoms with Crippen molar-refractivity contribution in [3.63, 3.8) is 0 Å². The SMILES string of the molecule is CC(=O)OC1CCC2(C)C3=CCC4(C)C(CCC4C(C)/C=C/C(C)C(C)C)C3=CC[C@@]2(OC(C)=O)C1. The van der Waals surface area contributed by atoms with Crippen molar-refractivity contribution in [2.45, 2.75) is 112 Å². The molecule has 36 heavy (non-hydrogen) atoms. The van der Waals surface area contributed by atoms with E-state index in [-0.39, 0.29) is 28.9 Å². The molecule has 2 saturated carbocycles. The average molecular weight is 497 g/mol. The zero-order chi connectivity index (χ0) is 26.5. The molecule has 200 valence electrons. The van der Waals surface area contributed by atoms with E-state index in [9.17, 15) is 9.59 Å². The summed E-state index contributed by atoms with van der Waals surface area (Å²) in [4.78, 5) is 24.0. The lowest BCUT2D eigenvalue weighted by molar-refractivity contribution is -0.190. The Kier molecular flexibility index (Phi) is 7.40. The van der Waals surface area contributed by atoms with Gasteiger partial charge in [0.05, 0.1) is 0 Å². The minimum absolute atomic E-state index is 0.198. The highest BCUT2D eigenvalue weighted by Crippen LogP contribution is 2.66. The lowest BCUT2D eigenvalue weighted by atomic mass is 9.50. The van der Waals surface area contributed by atoms with Gasteiger partial charge in [0, 0.05) is 32.1 Å². The van der Waals surface area contributed by atoms with Crippen molar-refractivity contribution in [3.8, 4) is 0 Å². The van der Waals surface area contributed by atoms with E-state index in [0.717, 1.165) is 19.3 Å². The summed E-state index contributed by atoms with van der Waals surface area (Å²) in [6.07, 6.45) is 16.1. The molecular weight excluding hydrogens is 448 g/mol. The molecule has 0 amide bonds. The second-order valence-electron chi connectivity index (χ2n) is 13.2. The number of esters is 2. The summed E-state index contributed by atoms with van der Waals surface area (Å²) in [5.74, 6) is 2.55. The molecule has 2 fully saturated rings. The van der Waals surface area contributed by atoms with E-state index in [4.69, 9.17) is 9.47 Å². The first-order chi connectivity index (χ1) is 16.8. The number of allylic oxidation sites excluding steroid dienone is 4. The number of hydrogen-bond acceptors (Lipinski definition) is 4. The van der Waals surface area contributed by atoms with E-state index in [1.54, 1.807) is 0 Å². The van der Waals surface area contributed by atoms with Crippen LogP contribution in [0.15, 0.2) is 35.5 Å². The van der Waals surface area contributed by atoms with Crippen molar-refractivity contribution < 1.29 is 19.1 Å². The summed E-state index contributed by atoms with van der Waals surface area (Å²) in [7, 11) is 0. The number of carbonyl (C=O) groups is 2. The second-order valence-corrected chi connectivity index (χ2v) is 13.2. The van der Waals surface area contributed by atoms with Gasteiger partial charge in [0.15, 0.2) is 0 Å². The maximum atomic E-state index is 12.3. The van der Waals surface area contributed by atoms with Gasteiger partial charge in [0.25, 0.3) is 0 Å². The molecule has 4 aliphatic rings. The van der Waals surface area contributed by atoms with Crippen LogP contribution >= 0.6 is 0 Å². The van der Waals surface area contributed by atoms with E-state index in [2.05, 4.69) is 65.8 Å². The smallest absolute Gasteiger partial charge is 0.303 e. The maximum absolute atomic E-state index is 12.3. The van der Waals surface area contributed by atoms with Crippen LogP contribution in [-0.2, 0) is 19.1 Å². The van der Waals surface area contributed by atoms with Gasteiger partial charge in [0.1, 0.15) is 11.7 Å². The Labute approximate surface area is 219 Å². The van der Waals surface area contributed by atoms with E-state index in [0.29, 0.717) is 42.4 Å². The molecule has 0 aromatic carbocycles. The van der Waals surface area contributed by atoms with Crippen molar-refractivity contribution >= 4 is 11.9 Å². The number of ether oxygens (including phenoxy) is 2. The van der Waals surface area contributed by atoms with Crippen LogP contribution in [0.1, 0.15) is 100 Å². The first-order valence-corrected chi connectivity index (χ1v) is 14.3. The number of rotatable bonds is 6. The van der Waals surface area contributed by atoms with Crippen LogP contribution in [0.25, 0.3) is 0 Å². The zero-order valence-corrected chi connectivity index (χ0v) is 23.9. The summed E-state index contributed by atoms with van der Waals surface area (Å²) in [6, 6.07) is 0. The van der Waals surface area contributed by atoms with Crippen molar-refractivity contribution in [2.24, 2.45) is 40.4 Å². The summed E-state index contributed by atoms with van der Waals surface area (Å²) in [6.45, 7) is 17.1. The summed E-state index contributed by atoms with van der Waals surface area (Å²) in [5.41, 5.74) is 2.26. The zero-order valence-electron chi connectivity index (χ0n) is 23.9. The normalized spacial score (nSPS) is 39.4. The molecule has 7 unspecified atom stereocenters. The Morgan fingerprint density at radius 3 is 2.33 bits per heavy atom. The van der Waals surface area contributed by atoms with Crippen LogP contribution in [0, 0.1) is 40.4 Å². The van der Waals surface area contributed by atoms with Gasteiger partial charge in [-0.1, -0.05) is 65.8 Å². The van der Waals surface area contributed by atoms with Gasteiger partial charge >= 0.3 is 11.9 Å². The molecular formula is C32H48O4. The van der Waals surface area contributed by atoms with Gasteiger partial charge in [-0.15, -0.1) is 0 Å². The van der Waals surface area contributed by atoms with Gasteiger partial charge in [-0.05, 0) is 78.3 Å². The fraction of sp³-hybridized carbons (Fsp3) is 0.750. The third-order valence-corrected chi connectivity index (χ3v) is 10.7. The number of hydrogen-bond donors (Lipinski definition) is 0. The second kappa shape index (κ2) is 9.80. The molecule has 0 bridgehead atoms. The van der Waals surface area contributed by atoms with E-state index >= 15 is 0 Å². The standard InChI is InChI=1S/C32H48O4/c1-20(2)21(3)9-10-22(4)27-11-12-28-26-14-18-32(36-24(6)34)19-25(35-23(5)33)13-17-31(32,8)29(26)15-16-30(27,28)7/h9-10,14-15,20-22,25,27-28H,11-13,16-19H2,1-8H3/b10-9+/t21?,22?,25?,27?,28?,30?,31?,32-/m1/s1. The quantitative estimate of drug-likeness (QED) is 0.281. The summed E-state index contributed by atoms with van der Waals surface area (Å²) >= 11 is 0. The van der Waals surface area contributed by atoms with Crippen molar-refractivity contribution in [2.75, 3.05) is 0 Å². The molecule has 0 radical (unpaired) electrons. The Morgan fingerprint density at radius 1 is 0.972 bits per heavy atom. The molecule has 0 N–H and O–H groups in total. The third-order valence-electron chi connectivity index (χ3n) is 10.7. The van der Waals surface area contributed by atoms with Gasteiger partial charge in [-0.2, -0.15) is 0 Å². The van der Waals surface area contributed by atoms with Crippen LogP contribution in [0.2, 0.25) is 0 Å². The predicted octanol–water partition coefficient (Wildman–Crippen LogP) is 7.59. The molecule has 0 saturated heterocycles. The third kappa shape index (κ3) is 4.52. The van der Waals surface area contributed by atoms with Crippen molar-refractivity contribution in [1.29, 1.82) is 0 Å². The van der Waals surface area contributed by atoms with Crippen LogP contribution in [0.4, 0.5) is 0 Å². The van der Waals surface area contributed by atoms with Crippen molar-refractivity contribution in [1.82, 2.24) is 0 Å². The Hall–Kier alpha value is -1.84. The maximum Gasteiger partial charge on any atom is 0.303 e. The topological polar surface area (TPSA) is 52.6 Å². The molecule has 0 aromatic heterocycles. The van der Waals surface area contributed by atoms with Gasteiger partial charge in [-0.3, -0.25) is 9.59 Å². The Balaban J connectivity index is 1.64. The van der Waals surface area contributed by atoms with E-state index < -0.39 is 5.60 Å². The fourth-order valence-electron chi connectivity index (χ4n) is 8.20. The highest BCUT2D eigenvalue weighted by Gasteiger charge is 2.62. The first-order valence-electron chi connectivity index (χ1n) is 14.3. The molecule has 0 aliphatic heterocycles. The molecule has 0 aromatic rings. The molecule has 4 aliphatic carbocycles. The lowest BCUT2D eigenvalue weighted by Gasteiger charge is -2.58. The lowest BCUT2D eigenvalue weighted by Crippen LogP contribution is -2.58. The fourth-order valence-corrected chi connectivity index (χ4v) is 8.20. The summed E-state index contributed by atoms with van der Waals surface area (Å²) in [5, 5.41) is 0. The van der Waals surface area contributed by atoms with Gasteiger partial charge in [0.2, 0.25) is 0 Å². The van der Waals surface area contributed by atoms with E-state index in [1.165, 1.54) is 37.8 Å². The minimum atomic E-state index is -0.651. The van der Waals surface area contributed by atoms with Crippen LogP contribution in [-0.4, -0.2) is 23.6 Å². The van der Waals surface area contributed by atoms with Crippen LogP contribution in [0.5, 0.6) is 0 Å². The Bertz CT molecular complexity index is 973. The summed E-state index contributed by atoms with van der Waals surface area (Å²) < 4.78 is 11.8. The Morgan fingerprint density at radius 2 is 1.69 bits per heavy atom. The largest absolute Gasteiger partial charge is 0.462 e. The number of fused-ring (bicyclic) bond motifs is 5. The molecule has 4 heteroatoms. The van der Waals surface area contributed by atoms with Gasteiger partial charge in [-0.25, -0.2) is 0 Å². The molecule has 4 nitrogen and oxygen atoms in total. The van der Waals surface area contributed by atoms with Crippen LogP contribution in [0.3, 0.4) is 0 Å². The monoisotopic (exact) mass is 496 g/mol. The van der Waals surface area contributed by atoms with Crippen LogP contribution < -0.4 is 0 Å². The molecule has 0 heterocycles. The van der Waals surface area contributed by atoms with E-state index in [1.807, 2.05) is 0 Å². The van der Waals surface area contributed by atoms with Crippen molar-refractivity contribution in [3.05, 3.63) is 35.5 Å². The first kappa shape index (κ1) is 27.2. The highest BCUT2D eigenvalue weighted by molar-refractivity contribution is 5.68. The molecule has 0 spiro atoms. The predicted molar refractivity (Wildman–Crippen MR) is 144 cm³/mol.